The molecule has 0 bridgehead atoms. The van der Waals surface area contributed by atoms with E-state index in [-0.39, 0.29) is 11.5 Å². The van der Waals surface area contributed by atoms with Crippen LogP contribution in [0.4, 0.5) is 0 Å². The number of hydrogen-bond donors (Lipinski definition) is 1. The molecule has 0 saturated carbocycles. The molecule has 1 amide bonds. The Labute approximate surface area is 118 Å². The number of nitrogens with one attached hydrogen (secondary N) is 1. The molecule has 0 saturated heterocycles. The fraction of sp³-hybridized carbons (Fsp3) is 0.375. The molecule has 1 heterocycles. The van der Waals surface area contributed by atoms with Crippen LogP contribution in [0, 0.1) is 6.92 Å². The monoisotopic (exact) mass is 272 g/mol. The van der Waals surface area contributed by atoms with Crippen molar-refractivity contribution in [2.24, 2.45) is 0 Å². The van der Waals surface area contributed by atoms with Gasteiger partial charge in [-0.2, -0.15) is 0 Å². The van der Waals surface area contributed by atoms with Crippen LogP contribution in [0.15, 0.2) is 29.1 Å². The molecule has 4 heteroatoms. The maximum atomic E-state index is 12.1. The van der Waals surface area contributed by atoms with Gasteiger partial charge in [0.25, 0.3) is 5.56 Å². The van der Waals surface area contributed by atoms with Crippen molar-refractivity contribution in [1.82, 2.24) is 9.88 Å². The molecule has 1 N–H and O–H groups in total. The van der Waals surface area contributed by atoms with Gasteiger partial charge in [0, 0.05) is 24.0 Å². The number of H-pyrrole nitrogens is 1. The molecule has 0 unspecified atom stereocenters. The highest BCUT2D eigenvalue weighted by atomic mass is 16.2. The lowest BCUT2D eigenvalue weighted by Gasteiger charge is -2.20. The van der Waals surface area contributed by atoms with E-state index in [0.717, 1.165) is 16.5 Å². The van der Waals surface area contributed by atoms with Crippen molar-refractivity contribution in [2.75, 3.05) is 6.54 Å². The number of hydrogen-bond acceptors (Lipinski definition) is 2. The van der Waals surface area contributed by atoms with E-state index in [1.54, 1.807) is 4.90 Å². The molecular weight excluding hydrogens is 252 g/mol. The minimum atomic E-state index is -0.120. The minimum absolute atomic E-state index is 0.0657. The standard InChI is InChI=1S/C16H20N2O2/c1-4-15(19)18(5-2)10-13-9-12-7-6-11(3)8-14(12)17-16(13)20/h6-9H,4-5,10H2,1-3H3,(H,17,20). The zero-order valence-corrected chi connectivity index (χ0v) is 12.2. The van der Waals surface area contributed by atoms with Gasteiger partial charge in [0.15, 0.2) is 0 Å². The Morgan fingerprint density at radius 2 is 2.00 bits per heavy atom. The number of aryl methyl sites for hydroxylation is 1. The number of amides is 1. The Hall–Kier alpha value is -2.10. The third kappa shape index (κ3) is 2.90. The predicted molar refractivity (Wildman–Crippen MR) is 80.7 cm³/mol. The van der Waals surface area contributed by atoms with Crippen LogP contribution in [0.5, 0.6) is 0 Å². The summed E-state index contributed by atoms with van der Waals surface area (Å²) in [4.78, 5) is 28.5. The van der Waals surface area contributed by atoms with Gasteiger partial charge in [-0.15, -0.1) is 0 Å². The summed E-state index contributed by atoms with van der Waals surface area (Å²) in [7, 11) is 0. The van der Waals surface area contributed by atoms with Crippen LogP contribution in [0.25, 0.3) is 10.9 Å². The molecule has 20 heavy (non-hydrogen) atoms. The second-order valence-electron chi connectivity index (χ2n) is 4.98. The summed E-state index contributed by atoms with van der Waals surface area (Å²) < 4.78 is 0. The van der Waals surface area contributed by atoms with Crippen LogP contribution < -0.4 is 5.56 Å². The maximum Gasteiger partial charge on any atom is 0.253 e. The van der Waals surface area contributed by atoms with Gasteiger partial charge in [-0.25, -0.2) is 0 Å². The second kappa shape index (κ2) is 5.90. The van der Waals surface area contributed by atoms with Gasteiger partial charge >= 0.3 is 0 Å². The number of aromatic amines is 1. The van der Waals surface area contributed by atoms with Crippen molar-refractivity contribution < 1.29 is 4.79 Å². The van der Waals surface area contributed by atoms with Crippen molar-refractivity contribution in [3.63, 3.8) is 0 Å². The summed E-state index contributed by atoms with van der Waals surface area (Å²) in [6.07, 6.45) is 0.457. The second-order valence-corrected chi connectivity index (χ2v) is 4.98. The molecule has 1 aromatic heterocycles. The molecule has 2 aromatic rings. The molecule has 0 aliphatic heterocycles. The quantitative estimate of drug-likeness (QED) is 0.930. The zero-order chi connectivity index (χ0) is 14.7. The molecule has 0 aliphatic carbocycles. The van der Waals surface area contributed by atoms with Gasteiger partial charge in [-0.1, -0.05) is 19.1 Å². The summed E-state index contributed by atoms with van der Waals surface area (Å²) in [6.45, 7) is 6.72. The first kappa shape index (κ1) is 14.3. The number of nitrogens with zero attached hydrogens (tertiary/aromatic N) is 1. The highest BCUT2D eigenvalue weighted by molar-refractivity contribution is 5.80. The highest BCUT2D eigenvalue weighted by Crippen LogP contribution is 2.14. The highest BCUT2D eigenvalue weighted by Gasteiger charge is 2.12. The Bertz CT molecular complexity index is 688. The van der Waals surface area contributed by atoms with Crippen molar-refractivity contribution in [1.29, 1.82) is 0 Å². The van der Waals surface area contributed by atoms with Crippen LogP contribution in [0.3, 0.4) is 0 Å². The summed E-state index contributed by atoms with van der Waals surface area (Å²) >= 11 is 0. The van der Waals surface area contributed by atoms with Crippen molar-refractivity contribution in [2.45, 2.75) is 33.7 Å². The summed E-state index contributed by atoms with van der Waals surface area (Å²) in [5, 5.41) is 0.991. The first-order valence-corrected chi connectivity index (χ1v) is 6.95. The number of fused-ring (bicyclic) bond motifs is 1. The Balaban J connectivity index is 2.39. The van der Waals surface area contributed by atoms with Gasteiger partial charge in [0.05, 0.1) is 6.54 Å². The predicted octanol–water partition coefficient (Wildman–Crippen LogP) is 2.60. The third-order valence-corrected chi connectivity index (χ3v) is 3.48. The number of rotatable bonds is 4. The first-order valence-electron chi connectivity index (χ1n) is 6.95. The van der Waals surface area contributed by atoms with Crippen molar-refractivity contribution in [3.05, 3.63) is 45.7 Å². The van der Waals surface area contributed by atoms with Crippen molar-refractivity contribution in [3.8, 4) is 0 Å². The van der Waals surface area contributed by atoms with Crippen LogP contribution in [-0.2, 0) is 11.3 Å². The number of carbonyl (C=O) groups excluding carboxylic acids is 1. The topological polar surface area (TPSA) is 53.2 Å². The molecule has 0 aliphatic rings. The molecule has 106 valence electrons. The number of pyridine rings is 1. The Morgan fingerprint density at radius 1 is 1.25 bits per heavy atom. The molecule has 0 atom stereocenters. The van der Waals surface area contributed by atoms with E-state index < -0.39 is 0 Å². The number of benzene rings is 1. The van der Waals surface area contributed by atoms with Crippen LogP contribution in [0.1, 0.15) is 31.4 Å². The van der Waals surface area contributed by atoms with E-state index in [1.807, 2.05) is 45.0 Å². The maximum absolute atomic E-state index is 12.1. The lowest BCUT2D eigenvalue weighted by molar-refractivity contribution is -0.131. The molecular formula is C16H20N2O2. The van der Waals surface area contributed by atoms with Crippen LogP contribution in [-0.4, -0.2) is 22.3 Å². The molecule has 2 rings (SSSR count). The van der Waals surface area contributed by atoms with E-state index in [1.165, 1.54) is 0 Å². The van der Waals surface area contributed by atoms with Gasteiger partial charge < -0.3 is 9.88 Å². The van der Waals surface area contributed by atoms with E-state index in [4.69, 9.17) is 0 Å². The van der Waals surface area contributed by atoms with E-state index in [0.29, 0.717) is 25.1 Å². The van der Waals surface area contributed by atoms with E-state index in [2.05, 4.69) is 4.98 Å². The zero-order valence-electron chi connectivity index (χ0n) is 12.2. The Kier molecular flexibility index (Phi) is 4.23. The lowest BCUT2D eigenvalue weighted by atomic mass is 10.1. The normalized spacial score (nSPS) is 10.8. The van der Waals surface area contributed by atoms with Crippen molar-refractivity contribution >= 4 is 16.8 Å². The molecule has 0 spiro atoms. The Morgan fingerprint density at radius 3 is 2.65 bits per heavy atom. The summed E-state index contributed by atoms with van der Waals surface area (Å²) in [5.74, 6) is 0.0657. The van der Waals surface area contributed by atoms with E-state index >= 15 is 0 Å². The SMILES string of the molecule is CCC(=O)N(CC)Cc1cc2ccc(C)cc2[nH]c1=O. The smallest absolute Gasteiger partial charge is 0.253 e. The fourth-order valence-electron chi connectivity index (χ4n) is 2.28. The van der Waals surface area contributed by atoms with Crippen LogP contribution in [0.2, 0.25) is 0 Å². The van der Waals surface area contributed by atoms with Crippen LogP contribution >= 0.6 is 0 Å². The molecule has 0 radical (unpaired) electrons. The summed E-state index contributed by atoms with van der Waals surface area (Å²) in [6, 6.07) is 7.83. The third-order valence-electron chi connectivity index (χ3n) is 3.48. The minimum Gasteiger partial charge on any atom is -0.338 e. The molecule has 1 aromatic carbocycles. The van der Waals surface area contributed by atoms with Gasteiger partial charge in [0.1, 0.15) is 0 Å². The number of carbonyl (C=O) groups is 1. The first-order chi connectivity index (χ1) is 9.55. The molecule has 0 fully saturated rings. The largest absolute Gasteiger partial charge is 0.338 e. The van der Waals surface area contributed by atoms with Gasteiger partial charge in [0.2, 0.25) is 5.91 Å². The number of aromatic nitrogens is 1. The van der Waals surface area contributed by atoms with Gasteiger partial charge in [-0.05, 0) is 36.9 Å². The average Bonchev–Trinajstić information content (AvgIpc) is 2.44. The lowest BCUT2D eigenvalue weighted by Crippen LogP contribution is -2.32. The molecule has 4 nitrogen and oxygen atoms in total. The van der Waals surface area contributed by atoms with Gasteiger partial charge in [-0.3, -0.25) is 9.59 Å². The van der Waals surface area contributed by atoms with E-state index in [9.17, 15) is 9.59 Å². The average molecular weight is 272 g/mol. The summed E-state index contributed by atoms with van der Waals surface area (Å²) in [5.41, 5.74) is 2.45. The fourth-order valence-corrected chi connectivity index (χ4v) is 2.28.